The molecule has 0 atom stereocenters. The molecule has 7 nitrogen and oxygen atoms in total. The molecule has 7 heteroatoms. The maximum absolute atomic E-state index is 12.5. The number of carboxylic acid groups (broad SMARTS) is 1. The number of carboxylic acids is 1. The number of benzene rings is 2. The third kappa shape index (κ3) is 5.24. The number of allylic oxidation sites excluding steroid dienone is 1. The predicted molar refractivity (Wildman–Crippen MR) is 99.0 cm³/mol. The van der Waals surface area contributed by atoms with Crippen molar-refractivity contribution in [3.63, 3.8) is 0 Å². The summed E-state index contributed by atoms with van der Waals surface area (Å²) in [6.45, 7) is -0.478. The molecule has 27 heavy (non-hydrogen) atoms. The van der Waals surface area contributed by atoms with E-state index in [4.69, 9.17) is 24.1 Å². The van der Waals surface area contributed by atoms with Crippen molar-refractivity contribution in [2.24, 2.45) is 0 Å². The van der Waals surface area contributed by atoms with Crippen LogP contribution in [0.15, 0.2) is 42.5 Å². The highest BCUT2D eigenvalue weighted by atomic mass is 16.5. The summed E-state index contributed by atoms with van der Waals surface area (Å²) in [5, 5.41) is 8.66. The summed E-state index contributed by atoms with van der Waals surface area (Å²) < 4.78 is 21.0. The fourth-order valence-corrected chi connectivity index (χ4v) is 2.36. The number of aliphatic carboxylic acids is 1. The maximum atomic E-state index is 12.5. The van der Waals surface area contributed by atoms with Crippen molar-refractivity contribution in [2.75, 3.05) is 27.9 Å². The van der Waals surface area contributed by atoms with Gasteiger partial charge in [-0.25, -0.2) is 4.79 Å². The van der Waals surface area contributed by atoms with Gasteiger partial charge in [0.05, 0.1) is 21.3 Å². The molecule has 1 N–H and O–H groups in total. The van der Waals surface area contributed by atoms with Crippen LogP contribution in [0.4, 0.5) is 0 Å². The average molecular weight is 372 g/mol. The molecule has 0 amide bonds. The molecule has 0 radical (unpaired) electrons. The highest BCUT2D eigenvalue weighted by molar-refractivity contribution is 6.07. The van der Waals surface area contributed by atoms with Gasteiger partial charge in [-0.15, -0.1) is 0 Å². The minimum absolute atomic E-state index is 0.278. The Morgan fingerprint density at radius 2 is 1.78 bits per heavy atom. The molecule has 0 unspecified atom stereocenters. The van der Waals surface area contributed by atoms with E-state index in [-0.39, 0.29) is 5.78 Å². The van der Waals surface area contributed by atoms with Crippen molar-refractivity contribution in [2.45, 2.75) is 0 Å². The van der Waals surface area contributed by atoms with E-state index < -0.39 is 12.6 Å². The van der Waals surface area contributed by atoms with Crippen LogP contribution in [-0.2, 0) is 4.79 Å². The van der Waals surface area contributed by atoms with Crippen LogP contribution in [0.2, 0.25) is 0 Å². The van der Waals surface area contributed by atoms with Crippen LogP contribution in [-0.4, -0.2) is 44.8 Å². The molecule has 0 saturated carbocycles. The van der Waals surface area contributed by atoms with Crippen molar-refractivity contribution in [3.8, 4) is 23.0 Å². The minimum atomic E-state index is -1.09. The lowest BCUT2D eigenvalue weighted by atomic mass is 10.1. The summed E-state index contributed by atoms with van der Waals surface area (Å²) in [7, 11) is 4.55. The van der Waals surface area contributed by atoms with Gasteiger partial charge in [0.2, 0.25) is 0 Å². The van der Waals surface area contributed by atoms with Crippen molar-refractivity contribution < 1.29 is 33.6 Å². The molecule has 0 bridgehead atoms. The molecule has 2 aromatic carbocycles. The molecule has 0 aliphatic carbocycles. The van der Waals surface area contributed by atoms with E-state index in [1.165, 1.54) is 33.5 Å². The quantitative estimate of drug-likeness (QED) is 0.534. The maximum Gasteiger partial charge on any atom is 0.341 e. The molecular formula is C20H20O7. The number of ether oxygens (including phenoxy) is 4. The Morgan fingerprint density at radius 3 is 2.41 bits per heavy atom. The Kier molecular flexibility index (Phi) is 6.82. The van der Waals surface area contributed by atoms with Crippen LogP contribution in [0.5, 0.6) is 23.0 Å². The smallest absolute Gasteiger partial charge is 0.341 e. The largest absolute Gasteiger partial charge is 0.497 e. The van der Waals surface area contributed by atoms with E-state index in [0.29, 0.717) is 34.1 Å². The van der Waals surface area contributed by atoms with Crippen LogP contribution in [0.1, 0.15) is 15.9 Å². The average Bonchev–Trinajstić information content (AvgIpc) is 2.69. The summed E-state index contributed by atoms with van der Waals surface area (Å²) in [4.78, 5) is 23.0. The summed E-state index contributed by atoms with van der Waals surface area (Å²) in [6, 6.07) is 9.70. The van der Waals surface area contributed by atoms with Crippen molar-refractivity contribution in [1.29, 1.82) is 0 Å². The summed E-state index contributed by atoms with van der Waals surface area (Å²) in [5.41, 5.74) is 0.975. The Hall–Kier alpha value is -3.48. The summed E-state index contributed by atoms with van der Waals surface area (Å²) in [6.07, 6.45) is 2.98. The molecule has 0 aliphatic heterocycles. The first kappa shape index (κ1) is 19.8. The van der Waals surface area contributed by atoms with Crippen LogP contribution in [0.25, 0.3) is 6.08 Å². The van der Waals surface area contributed by atoms with Gasteiger partial charge in [0.25, 0.3) is 0 Å². The van der Waals surface area contributed by atoms with E-state index in [1.807, 2.05) is 0 Å². The standard InChI is InChI=1S/C20H20O7/c1-24-16-10-14(20(26-3)18(11-16)25-2)7-8-17(21)13-5-4-6-15(9-13)27-12-19(22)23/h4-11H,12H2,1-3H3,(H,22,23)/b8-7+. The summed E-state index contributed by atoms with van der Waals surface area (Å²) in [5.74, 6) is 0.445. The van der Waals surface area contributed by atoms with E-state index >= 15 is 0 Å². The third-order valence-electron chi connectivity index (χ3n) is 3.61. The molecule has 0 aromatic heterocycles. The Bertz CT molecular complexity index is 855. The zero-order valence-corrected chi connectivity index (χ0v) is 15.2. The number of carbonyl (C=O) groups excluding carboxylic acids is 1. The van der Waals surface area contributed by atoms with Gasteiger partial charge >= 0.3 is 5.97 Å². The van der Waals surface area contributed by atoms with Gasteiger partial charge in [0, 0.05) is 17.2 Å². The highest BCUT2D eigenvalue weighted by Gasteiger charge is 2.12. The van der Waals surface area contributed by atoms with Crippen molar-refractivity contribution in [3.05, 3.63) is 53.6 Å². The van der Waals surface area contributed by atoms with Crippen molar-refractivity contribution in [1.82, 2.24) is 0 Å². The molecule has 142 valence electrons. The lowest BCUT2D eigenvalue weighted by Crippen LogP contribution is -2.09. The number of carbonyl (C=O) groups is 2. The van der Waals surface area contributed by atoms with E-state index in [1.54, 1.807) is 36.4 Å². The molecule has 0 fully saturated rings. The SMILES string of the molecule is COc1cc(/C=C/C(=O)c2cccc(OCC(=O)O)c2)c(OC)c(OC)c1. The third-order valence-corrected chi connectivity index (χ3v) is 3.61. The van der Waals surface area contributed by atoms with Crippen molar-refractivity contribution >= 4 is 17.8 Å². The Morgan fingerprint density at radius 1 is 1.00 bits per heavy atom. The molecule has 2 aromatic rings. The molecule has 0 heterocycles. The fraction of sp³-hybridized carbons (Fsp3) is 0.200. The zero-order valence-electron chi connectivity index (χ0n) is 15.2. The van der Waals surface area contributed by atoms with Crippen LogP contribution < -0.4 is 18.9 Å². The second-order valence-corrected chi connectivity index (χ2v) is 5.36. The molecular weight excluding hydrogens is 352 g/mol. The number of hydrogen-bond donors (Lipinski definition) is 1. The van der Waals surface area contributed by atoms with Crippen LogP contribution in [0.3, 0.4) is 0 Å². The van der Waals surface area contributed by atoms with Gasteiger partial charge in [-0.2, -0.15) is 0 Å². The monoisotopic (exact) mass is 372 g/mol. The molecule has 0 saturated heterocycles. The number of methoxy groups -OCH3 is 3. The van der Waals surface area contributed by atoms with Gasteiger partial charge < -0.3 is 24.1 Å². The topological polar surface area (TPSA) is 91.3 Å². The normalized spacial score (nSPS) is 10.5. The molecule has 2 rings (SSSR count). The fourth-order valence-electron chi connectivity index (χ4n) is 2.36. The van der Waals surface area contributed by atoms with Gasteiger partial charge in [-0.1, -0.05) is 12.1 Å². The van der Waals surface area contributed by atoms with E-state index in [9.17, 15) is 9.59 Å². The predicted octanol–water partition coefficient (Wildman–Crippen LogP) is 3.07. The van der Waals surface area contributed by atoms with Gasteiger partial charge in [-0.05, 0) is 30.4 Å². The van der Waals surface area contributed by atoms with E-state index in [0.717, 1.165) is 0 Å². The molecule has 0 aliphatic rings. The lowest BCUT2D eigenvalue weighted by molar-refractivity contribution is -0.139. The number of ketones is 1. The lowest BCUT2D eigenvalue weighted by Gasteiger charge is -2.12. The Balaban J connectivity index is 2.26. The number of rotatable bonds is 9. The van der Waals surface area contributed by atoms with Crippen LogP contribution >= 0.6 is 0 Å². The van der Waals surface area contributed by atoms with Gasteiger partial charge in [0.15, 0.2) is 23.9 Å². The first-order valence-corrected chi connectivity index (χ1v) is 7.95. The Labute approximate surface area is 156 Å². The summed E-state index contributed by atoms with van der Waals surface area (Å²) >= 11 is 0. The second kappa shape index (κ2) is 9.28. The van der Waals surface area contributed by atoms with Gasteiger partial charge in [-0.3, -0.25) is 4.79 Å². The zero-order chi connectivity index (χ0) is 19.8. The van der Waals surface area contributed by atoms with Gasteiger partial charge in [0.1, 0.15) is 11.5 Å². The first-order chi connectivity index (χ1) is 13.0. The van der Waals surface area contributed by atoms with E-state index in [2.05, 4.69) is 0 Å². The molecule has 0 spiro atoms. The number of hydrogen-bond acceptors (Lipinski definition) is 6. The second-order valence-electron chi connectivity index (χ2n) is 5.36. The highest BCUT2D eigenvalue weighted by Crippen LogP contribution is 2.36. The minimum Gasteiger partial charge on any atom is -0.497 e. The first-order valence-electron chi connectivity index (χ1n) is 7.95. The van der Waals surface area contributed by atoms with Crippen LogP contribution in [0, 0.1) is 0 Å².